The third-order valence-electron chi connectivity index (χ3n) is 4.79. The molecule has 25 heavy (non-hydrogen) atoms. The monoisotopic (exact) mass is 334 g/mol. The Labute approximate surface area is 147 Å². The van der Waals surface area contributed by atoms with E-state index < -0.39 is 0 Å². The van der Waals surface area contributed by atoms with Crippen LogP contribution in [0.2, 0.25) is 0 Å². The minimum absolute atomic E-state index is 0.0109. The Hall–Kier alpha value is -2.88. The summed E-state index contributed by atoms with van der Waals surface area (Å²) in [6.45, 7) is 6.42. The molecule has 4 nitrogen and oxygen atoms in total. The van der Waals surface area contributed by atoms with E-state index in [0.717, 1.165) is 22.8 Å². The second-order valence-corrected chi connectivity index (χ2v) is 6.80. The fourth-order valence-corrected chi connectivity index (χ4v) is 2.66. The van der Waals surface area contributed by atoms with Gasteiger partial charge >= 0.3 is 0 Å². The minimum atomic E-state index is -0.0109. The van der Waals surface area contributed by atoms with Crippen LogP contribution in [0.1, 0.15) is 32.8 Å². The Morgan fingerprint density at radius 1 is 0.880 bits per heavy atom. The fraction of sp³-hybridized carbons (Fsp3) is 0.238. The van der Waals surface area contributed by atoms with Gasteiger partial charge in [-0.15, -0.1) is 10.2 Å². The van der Waals surface area contributed by atoms with E-state index in [1.165, 1.54) is 0 Å². The van der Waals surface area contributed by atoms with Crippen molar-refractivity contribution in [1.82, 2.24) is 0 Å². The molecule has 0 aromatic heterocycles. The molecule has 0 heterocycles. The molecule has 0 aliphatic rings. The molecule has 0 atom stereocenters. The summed E-state index contributed by atoms with van der Waals surface area (Å²) in [5.41, 5.74) is 1.84. The first-order chi connectivity index (χ1) is 11.9. The van der Waals surface area contributed by atoms with E-state index in [4.69, 9.17) is 0 Å². The number of phenols is 2. The molecule has 3 aromatic rings. The van der Waals surface area contributed by atoms with Crippen LogP contribution in [0.25, 0.3) is 10.8 Å². The number of fused-ring (bicyclic) bond motifs is 1. The van der Waals surface area contributed by atoms with Gasteiger partial charge in [-0.05, 0) is 41.0 Å². The summed E-state index contributed by atoms with van der Waals surface area (Å²) in [5, 5.41) is 30.5. The van der Waals surface area contributed by atoms with Gasteiger partial charge in [-0.2, -0.15) is 0 Å². The second-order valence-electron chi connectivity index (χ2n) is 6.80. The highest BCUT2D eigenvalue weighted by Crippen LogP contribution is 2.38. The Morgan fingerprint density at radius 2 is 1.60 bits per heavy atom. The number of phenolic OH excluding ortho intramolecular Hbond substituents is 2. The van der Waals surface area contributed by atoms with Gasteiger partial charge in [0.1, 0.15) is 17.1 Å². The van der Waals surface area contributed by atoms with Gasteiger partial charge in [0, 0.05) is 5.39 Å². The summed E-state index contributed by atoms with van der Waals surface area (Å²) in [7, 11) is 0. The van der Waals surface area contributed by atoms with Gasteiger partial charge < -0.3 is 10.2 Å². The molecule has 0 aliphatic carbocycles. The molecule has 0 spiro atoms. The lowest BCUT2D eigenvalue weighted by atomic mass is 9.82. The molecule has 0 saturated heterocycles. The van der Waals surface area contributed by atoms with Crippen LogP contribution >= 0.6 is 0 Å². The summed E-state index contributed by atoms with van der Waals surface area (Å²) in [6, 6.07) is 16.6. The SMILES string of the molecule is CCC(C)(C)c1ccc(O)c(N=Nc2ccc3ccccc3c2O)c1. The van der Waals surface area contributed by atoms with Crippen molar-refractivity contribution in [1.29, 1.82) is 0 Å². The third-order valence-corrected chi connectivity index (χ3v) is 4.79. The molecule has 0 fully saturated rings. The molecular formula is C21H22N2O2. The van der Waals surface area contributed by atoms with Gasteiger partial charge in [0.15, 0.2) is 5.75 Å². The summed E-state index contributed by atoms with van der Waals surface area (Å²) in [4.78, 5) is 0. The summed E-state index contributed by atoms with van der Waals surface area (Å²) < 4.78 is 0. The predicted octanol–water partition coefficient (Wildman–Crippen LogP) is 6.35. The Bertz CT molecular complexity index is 946. The molecule has 0 bridgehead atoms. The lowest BCUT2D eigenvalue weighted by Crippen LogP contribution is -2.14. The number of rotatable bonds is 4. The number of aromatic hydroxyl groups is 2. The summed E-state index contributed by atoms with van der Waals surface area (Å²) in [5.74, 6) is 0.158. The molecule has 2 N–H and O–H groups in total. The van der Waals surface area contributed by atoms with E-state index in [0.29, 0.717) is 11.4 Å². The standard InChI is InChI=1S/C21H22N2O2/c1-4-21(2,3)15-10-12-19(24)18(13-15)23-22-17-11-9-14-7-5-6-8-16(14)20(17)25/h5-13,24-25H,4H2,1-3H3. The van der Waals surface area contributed by atoms with E-state index in [1.54, 1.807) is 12.1 Å². The van der Waals surface area contributed by atoms with Crippen LogP contribution < -0.4 is 0 Å². The summed E-state index contributed by atoms with van der Waals surface area (Å²) >= 11 is 0. The molecular weight excluding hydrogens is 312 g/mol. The third kappa shape index (κ3) is 3.33. The van der Waals surface area contributed by atoms with Crippen molar-refractivity contribution in [3.05, 3.63) is 60.2 Å². The van der Waals surface area contributed by atoms with E-state index >= 15 is 0 Å². The lowest BCUT2D eigenvalue weighted by molar-refractivity contribution is 0.472. The number of nitrogens with zero attached hydrogens (tertiary/aromatic N) is 2. The second kappa shape index (κ2) is 6.55. The Morgan fingerprint density at radius 3 is 2.36 bits per heavy atom. The minimum Gasteiger partial charge on any atom is -0.506 e. The highest BCUT2D eigenvalue weighted by atomic mass is 16.3. The zero-order valence-electron chi connectivity index (χ0n) is 14.7. The highest BCUT2D eigenvalue weighted by Gasteiger charge is 2.19. The van der Waals surface area contributed by atoms with Gasteiger partial charge in [0.05, 0.1) is 0 Å². The molecule has 0 aliphatic heterocycles. The van der Waals surface area contributed by atoms with E-state index in [9.17, 15) is 10.2 Å². The van der Waals surface area contributed by atoms with Crippen LogP contribution in [0.15, 0.2) is 64.8 Å². The van der Waals surface area contributed by atoms with E-state index in [-0.39, 0.29) is 16.9 Å². The van der Waals surface area contributed by atoms with Crippen LogP contribution in [0.5, 0.6) is 11.5 Å². The maximum atomic E-state index is 10.4. The van der Waals surface area contributed by atoms with Crippen molar-refractivity contribution in [2.75, 3.05) is 0 Å². The van der Waals surface area contributed by atoms with E-state index in [1.807, 2.05) is 42.5 Å². The van der Waals surface area contributed by atoms with E-state index in [2.05, 4.69) is 31.0 Å². The maximum Gasteiger partial charge on any atom is 0.150 e. The van der Waals surface area contributed by atoms with Gasteiger partial charge in [-0.3, -0.25) is 0 Å². The smallest absolute Gasteiger partial charge is 0.150 e. The number of azo groups is 1. The highest BCUT2D eigenvalue weighted by molar-refractivity contribution is 5.92. The number of hydrogen-bond donors (Lipinski definition) is 2. The van der Waals surface area contributed by atoms with Crippen LogP contribution in [-0.4, -0.2) is 10.2 Å². The largest absolute Gasteiger partial charge is 0.506 e. The van der Waals surface area contributed by atoms with Gasteiger partial charge in [0.2, 0.25) is 0 Å². The van der Waals surface area contributed by atoms with Crippen LogP contribution in [0, 0.1) is 0 Å². The average molecular weight is 334 g/mol. The van der Waals surface area contributed by atoms with Crippen molar-refractivity contribution in [3.8, 4) is 11.5 Å². The Balaban J connectivity index is 2.00. The average Bonchev–Trinajstić information content (AvgIpc) is 2.62. The fourth-order valence-electron chi connectivity index (χ4n) is 2.66. The molecule has 3 aromatic carbocycles. The molecule has 0 unspecified atom stereocenters. The van der Waals surface area contributed by atoms with Crippen molar-refractivity contribution in [2.24, 2.45) is 10.2 Å². The van der Waals surface area contributed by atoms with Crippen molar-refractivity contribution in [2.45, 2.75) is 32.6 Å². The first-order valence-electron chi connectivity index (χ1n) is 8.38. The normalized spacial score (nSPS) is 12.1. The molecule has 3 rings (SSSR count). The topological polar surface area (TPSA) is 65.2 Å². The van der Waals surface area contributed by atoms with Crippen molar-refractivity contribution in [3.63, 3.8) is 0 Å². The zero-order chi connectivity index (χ0) is 18.0. The molecule has 0 amide bonds. The molecule has 0 saturated carbocycles. The molecule has 4 heteroatoms. The van der Waals surface area contributed by atoms with Gasteiger partial charge in [-0.1, -0.05) is 57.2 Å². The molecule has 128 valence electrons. The summed E-state index contributed by atoms with van der Waals surface area (Å²) in [6.07, 6.45) is 0.972. The number of hydrogen-bond acceptors (Lipinski definition) is 4. The van der Waals surface area contributed by atoms with Crippen molar-refractivity contribution >= 4 is 22.1 Å². The van der Waals surface area contributed by atoms with Gasteiger partial charge in [-0.25, -0.2) is 0 Å². The van der Waals surface area contributed by atoms with Crippen molar-refractivity contribution < 1.29 is 10.2 Å². The van der Waals surface area contributed by atoms with Crippen LogP contribution in [0.4, 0.5) is 11.4 Å². The zero-order valence-corrected chi connectivity index (χ0v) is 14.7. The Kier molecular flexibility index (Phi) is 4.45. The predicted molar refractivity (Wildman–Crippen MR) is 101 cm³/mol. The lowest BCUT2D eigenvalue weighted by Gasteiger charge is -2.23. The van der Waals surface area contributed by atoms with Gasteiger partial charge in [0.25, 0.3) is 0 Å². The first-order valence-corrected chi connectivity index (χ1v) is 8.38. The van der Waals surface area contributed by atoms with Crippen LogP contribution in [0.3, 0.4) is 0 Å². The molecule has 0 radical (unpaired) electrons. The first kappa shape index (κ1) is 17.0. The van der Waals surface area contributed by atoms with Crippen LogP contribution in [-0.2, 0) is 5.41 Å². The maximum absolute atomic E-state index is 10.4. The quantitative estimate of drug-likeness (QED) is 0.546. The number of benzene rings is 3.